The summed E-state index contributed by atoms with van der Waals surface area (Å²) in [5.74, 6) is 0. The first kappa shape index (κ1) is 18.8. The molecule has 3 aromatic heterocycles. The number of thiophene rings is 1. The number of halogens is 1. The lowest BCUT2D eigenvalue weighted by atomic mass is 10.1. The van der Waals surface area contributed by atoms with Crippen LogP contribution in [0.5, 0.6) is 0 Å². The van der Waals surface area contributed by atoms with Gasteiger partial charge in [-0.15, -0.1) is 11.3 Å². The molecule has 1 aliphatic rings. The van der Waals surface area contributed by atoms with Crippen molar-refractivity contribution in [2.75, 3.05) is 0 Å². The van der Waals surface area contributed by atoms with Gasteiger partial charge in [0.1, 0.15) is 4.21 Å². The SMILES string of the molecule is O=S(=O)(NCc1cc(-c2ccncc2)n(C2CCCC2)n1)c1ccc(Br)s1. The van der Waals surface area contributed by atoms with E-state index in [1.165, 1.54) is 24.2 Å². The van der Waals surface area contributed by atoms with Crippen LogP contribution < -0.4 is 4.72 Å². The molecular weight excluding hydrogens is 448 g/mol. The predicted octanol–water partition coefficient (Wildman–Crippen LogP) is 4.36. The minimum absolute atomic E-state index is 0.162. The van der Waals surface area contributed by atoms with Crippen LogP contribution >= 0.6 is 27.3 Å². The number of hydrogen-bond donors (Lipinski definition) is 1. The number of hydrogen-bond acceptors (Lipinski definition) is 5. The minimum atomic E-state index is -3.55. The third kappa shape index (κ3) is 4.16. The molecule has 3 heterocycles. The van der Waals surface area contributed by atoms with Gasteiger partial charge in [0, 0.05) is 18.0 Å². The average Bonchev–Trinajstić information content (AvgIpc) is 3.41. The van der Waals surface area contributed by atoms with E-state index in [1.54, 1.807) is 24.5 Å². The molecule has 6 nitrogen and oxygen atoms in total. The van der Waals surface area contributed by atoms with E-state index in [-0.39, 0.29) is 6.54 Å². The van der Waals surface area contributed by atoms with Gasteiger partial charge in [0.05, 0.1) is 27.8 Å². The largest absolute Gasteiger partial charge is 0.265 e. The number of aromatic nitrogens is 3. The van der Waals surface area contributed by atoms with Crippen LogP contribution in [0.3, 0.4) is 0 Å². The number of sulfonamides is 1. The van der Waals surface area contributed by atoms with Crippen LogP contribution in [0.15, 0.2) is 50.7 Å². The van der Waals surface area contributed by atoms with Gasteiger partial charge in [0.25, 0.3) is 0 Å². The van der Waals surface area contributed by atoms with Gasteiger partial charge < -0.3 is 0 Å². The average molecular weight is 467 g/mol. The second-order valence-corrected chi connectivity index (χ2v) is 11.0. The van der Waals surface area contributed by atoms with E-state index in [0.717, 1.165) is 27.9 Å². The predicted molar refractivity (Wildman–Crippen MR) is 109 cm³/mol. The van der Waals surface area contributed by atoms with Crippen LogP contribution in [0, 0.1) is 0 Å². The van der Waals surface area contributed by atoms with E-state index in [9.17, 15) is 8.42 Å². The van der Waals surface area contributed by atoms with E-state index in [1.807, 2.05) is 18.2 Å². The Balaban J connectivity index is 1.60. The van der Waals surface area contributed by atoms with Gasteiger partial charge >= 0.3 is 0 Å². The van der Waals surface area contributed by atoms with Crippen molar-refractivity contribution in [1.82, 2.24) is 19.5 Å². The first-order valence-electron chi connectivity index (χ1n) is 8.77. The standard InChI is InChI=1S/C18H19BrN4O2S2/c19-17-5-6-18(26-17)27(24,25)21-12-14-11-16(13-7-9-20-10-8-13)23(22-14)15-3-1-2-4-15/h5-11,15,21H,1-4,12H2. The zero-order valence-electron chi connectivity index (χ0n) is 14.5. The second-order valence-electron chi connectivity index (χ2n) is 6.52. The summed E-state index contributed by atoms with van der Waals surface area (Å²) in [7, 11) is -3.55. The molecule has 0 aromatic carbocycles. The molecule has 27 heavy (non-hydrogen) atoms. The first-order valence-corrected chi connectivity index (χ1v) is 11.9. The summed E-state index contributed by atoms with van der Waals surface area (Å²) < 4.78 is 30.7. The van der Waals surface area contributed by atoms with Gasteiger partial charge in [0.15, 0.2) is 0 Å². The fourth-order valence-corrected chi connectivity index (χ4v) is 6.43. The Bertz CT molecular complexity index is 1020. The lowest BCUT2D eigenvalue weighted by Gasteiger charge is -2.14. The van der Waals surface area contributed by atoms with Gasteiger partial charge in [-0.25, -0.2) is 13.1 Å². The van der Waals surface area contributed by atoms with E-state index in [0.29, 0.717) is 15.9 Å². The van der Waals surface area contributed by atoms with Crippen molar-refractivity contribution in [1.29, 1.82) is 0 Å². The molecule has 1 fully saturated rings. The molecule has 1 saturated carbocycles. The molecule has 0 atom stereocenters. The Morgan fingerprint density at radius 3 is 2.59 bits per heavy atom. The Morgan fingerprint density at radius 1 is 1.19 bits per heavy atom. The Labute approximate surface area is 170 Å². The van der Waals surface area contributed by atoms with Crippen molar-refractivity contribution in [3.63, 3.8) is 0 Å². The summed E-state index contributed by atoms with van der Waals surface area (Å²) in [6, 6.07) is 9.58. The second kappa shape index (κ2) is 7.83. The highest BCUT2D eigenvalue weighted by atomic mass is 79.9. The highest BCUT2D eigenvalue weighted by Crippen LogP contribution is 2.33. The maximum atomic E-state index is 12.5. The van der Waals surface area contributed by atoms with Crippen molar-refractivity contribution < 1.29 is 8.42 Å². The van der Waals surface area contributed by atoms with Gasteiger partial charge in [-0.1, -0.05) is 12.8 Å². The fraction of sp³-hybridized carbons (Fsp3) is 0.333. The molecule has 1 aliphatic carbocycles. The van der Waals surface area contributed by atoms with Crippen molar-refractivity contribution in [3.8, 4) is 11.3 Å². The van der Waals surface area contributed by atoms with E-state index >= 15 is 0 Å². The molecule has 0 aliphatic heterocycles. The highest BCUT2D eigenvalue weighted by molar-refractivity contribution is 9.11. The van der Waals surface area contributed by atoms with Crippen LogP contribution in [-0.2, 0) is 16.6 Å². The quantitative estimate of drug-likeness (QED) is 0.585. The molecule has 4 rings (SSSR count). The summed E-state index contributed by atoms with van der Waals surface area (Å²) in [5, 5.41) is 4.73. The molecule has 0 saturated heterocycles. The molecule has 1 N–H and O–H groups in total. The summed E-state index contributed by atoms with van der Waals surface area (Å²) in [6.45, 7) is 0.162. The summed E-state index contributed by atoms with van der Waals surface area (Å²) in [5.41, 5.74) is 2.77. The summed E-state index contributed by atoms with van der Waals surface area (Å²) >= 11 is 4.49. The number of nitrogens with zero attached hydrogens (tertiary/aromatic N) is 3. The van der Waals surface area contributed by atoms with Crippen molar-refractivity contribution in [2.24, 2.45) is 0 Å². The van der Waals surface area contributed by atoms with Gasteiger partial charge in [-0.3, -0.25) is 9.67 Å². The van der Waals surface area contributed by atoms with E-state index in [4.69, 9.17) is 5.10 Å². The fourth-order valence-electron chi connectivity index (χ4n) is 3.38. The zero-order valence-corrected chi connectivity index (χ0v) is 17.7. The van der Waals surface area contributed by atoms with Crippen LogP contribution in [0.25, 0.3) is 11.3 Å². The molecule has 3 aromatic rings. The topological polar surface area (TPSA) is 76.9 Å². The van der Waals surface area contributed by atoms with Crippen LogP contribution in [0.2, 0.25) is 0 Å². The highest BCUT2D eigenvalue weighted by Gasteiger charge is 2.23. The Morgan fingerprint density at radius 2 is 1.93 bits per heavy atom. The van der Waals surface area contributed by atoms with Crippen LogP contribution in [-0.4, -0.2) is 23.2 Å². The lowest BCUT2D eigenvalue weighted by molar-refractivity contribution is 0.467. The van der Waals surface area contributed by atoms with Crippen molar-refractivity contribution in [3.05, 3.63) is 52.2 Å². The number of nitrogens with one attached hydrogen (secondary N) is 1. The molecule has 0 amide bonds. The molecule has 0 radical (unpaired) electrons. The molecule has 9 heteroatoms. The van der Waals surface area contributed by atoms with Crippen molar-refractivity contribution in [2.45, 2.75) is 42.5 Å². The maximum Gasteiger partial charge on any atom is 0.250 e. The van der Waals surface area contributed by atoms with Crippen LogP contribution in [0.4, 0.5) is 0 Å². The molecule has 0 unspecified atom stereocenters. The minimum Gasteiger partial charge on any atom is -0.265 e. The van der Waals surface area contributed by atoms with E-state index in [2.05, 4.69) is 30.3 Å². The Kier molecular flexibility index (Phi) is 5.45. The normalized spacial score (nSPS) is 15.4. The smallest absolute Gasteiger partial charge is 0.250 e. The summed E-state index contributed by atoms with van der Waals surface area (Å²) in [6.07, 6.45) is 8.14. The third-order valence-corrected chi connectivity index (χ3v) is 8.21. The van der Waals surface area contributed by atoms with Crippen molar-refractivity contribution >= 4 is 37.3 Å². The van der Waals surface area contributed by atoms with Gasteiger partial charge in [-0.2, -0.15) is 5.10 Å². The molecule has 142 valence electrons. The zero-order chi connectivity index (χ0) is 18.9. The number of rotatable bonds is 6. The third-order valence-electron chi connectivity index (χ3n) is 4.69. The summed E-state index contributed by atoms with van der Waals surface area (Å²) in [4.78, 5) is 4.09. The molecular formula is C18H19BrN4O2S2. The van der Waals surface area contributed by atoms with Gasteiger partial charge in [0.2, 0.25) is 10.0 Å². The monoisotopic (exact) mass is 466 g/mol. The molecule has 0 bridgehead atoms. The maximum absolute atomic E-state index is 12.5. The lowest BCUT2D eigenvalue weighted by Crippen LogP contribution is -2.22. The molecule has 0 spiro atoms. The Hall–Kier alpha value is -1.55. The van der Waals surface area contributed by atoms with Gasteiger partial charge in [-0.05, 0) is 59.1 Å². The van der Waals surface area contributed by atoms with Crippen LogP contribution in [0.1, 0.15) is 37.4 Å². The van der Waals surface area contributed by atoms with E-state index < -0.39 is 10.0 Å². The number of pyridine rings is 1. The first-order chi connectivity index (χ1) is 13.0.